The number of halogens is 1. The van der Waals surface area contributed by atoms with Crippen LogP contribution in [0.1, 0.15) is 49.1 Å². The Kier molecular flexibility index (Phi) is 4.28. The third-order valence-electron chi connectivity index (χ3n) is 3.73. The van der Waals surface area contributed by atoms with Gasteiger partial charge in [-0.3, -0.25) is 4.79 Å². The second kappa shape index (κ2) is 5.75. The lowest BCUT2D eigenvalue weighted by molar-refractivity contribution is -0.130. The molecule has 3 heteroatoms. The zero-order chi connectivity index (χ0) is 13.1. The van der Waals surface area contributed by atoms with Gasteiger partial charge in [0.1, 0.15) is 0 Å². The summed E-state index contributed by atoms with van der Waals surface area (Å²) in [5, 5.41) is 0.0547. The van der Waals surface area contributed by atoms with Crippen molar-refractivity contribution >= 4 is 17.5 Å². The van der Waals surface area contributed by atoms with E-state index in [1.165, 1.54) is 12.0 Å². The van der Waals surface area contributed by atoms with Crippen LogP contribution < -0.4 is 0 Å². The summed E-state index contributed by atoms with van der Waals surface area (Å²) in [4.78, 5) is 13.4. The lowest BCUT2D eigenvalue weighted by Crippen LogP contribution is -2.37. The number of nitrogens with zero attached hydrogens (tertiary/aromatic N) is 1. The van der Waals surface area contributed by atoms with Gasteiger partial charge in [0, 0.05) is 25.9 Å². The molecule has 0 aromatic heterocycles. The van der Waals surface area contributed by atoms with Crippen LogP contribution in [0.15, 0.2) is 24.3 Å². The molecule has 0 N–H and O–H groups in total. The van der Waals surface area contributed by atoms with E-state index >= 15 is 0 Å². The normalized spacial score (nSPS) is 21.7. The predicted octanol–water partition coefficient (Wildman–Crippen LogP) is 3.71. The highest BCUT2D eigenvalue weighted by Gasteiger charge is 2.22. The first kappa shape index (κ1) is 13.4. The van der Waals surface area contributed by atoms with Crippen molar-refractivity contribution < 1.29 is 4.79 Å². The van der Waals surface area contributed by atoms with Gasteiger partial charge < -0.3 is 4.90 Å². The molecule has 1 saturated heterocycles. The number of carbonyl (C=O) groups is 1. The summed E-state index contributed by atoms with van der Waals surface area (Å²) in [6.07, 6.45) is 2.26. The van der Waals surface area contributed by atoms with E-state index in [1.54, 1.807) is 6.92 Å². The van der Waals surface area contributed by atoms with Gasteiger partial charge in [-0.25, -0.2) is 0 Å². The van der Waals surface area contributed by atoms with Gasteiger partial charge in [0.05, 0.1) is 5.38 Å². The van der Waals surface area contributed by atoms with Crippen LogP contribution in [-0.2, 0) is 4.79 Å². The molecular formula is C15H20ClNO. The minimum atomic E-state index is 0.0547. The number of amides is 1. The number of hydrogen-bond acceptors (Lipinski definition) is 1. The van der Waals surface area contributed by atoms with Crippen molar-refractivity contribution in [2.24, 2.45) is 0 Å². The van der Waals surface area contributed by atoms with Crippen LogP contribution >= 0.6 is 11.6 Å². The van der Waals surface area contributed by atoms with Crippen LogP contribution in [0, 0.1) is 0 Å². The van der Waals surface area contributed by atoms with Gasteiger partial charge in [-0.1, -0.05) is 24.3 Å². The molecule has 1 heterocycles. The molecule has 1 amide bonds. The quantitative estimate of drug-likeness (QED) is 0.747. The average Bonchev–Trinajstić information content (AvgIpc) is 2.39. The van der Waals surface area contributed by atoms with E-state index in [0.717, 1.165) is 25.1 Å². The maximum Gasteiger partial charge on any atom is 0.219 e. The standard InChI is InChI=1S/C15H20ClNO/c1-11(16)13-5-7-14(8-6-13)15-4-3-9-17(10-15)12(2)18/h5-8,11,15H,3-4,9-10H2,1-2H3. The molecular weight excluding hydrogens is 246 g/mol. The third kappa shape index (κ3) is 3.05. The maximum atomic E-state index is 11.4. The first-order chi connectivity index (χ1) is 8.58. The third-order valence-corrected chi connectivity index (χ3v) is 3.99. The smallest absolute Gasteiger partial charge is 0.219 e. The Bertz CT molecular complexity index is 413. The van der Waals surface area contributed by atoms with Crippen LogP contribution in [0.5, 0.6) is 0 Å². The summed E-state index contributed by atoms with van der Waals surface area (Å²) in [6, 6.07) is 8.50. The Balaban J connectivity index is 2.09. The molecule has 1 aromatic carbocycles. The highest BCUT2D eigenvalue weighted by molar-refractivity contribution is 6.20. The van der Waals surface area contributed by atoms with E-state index in [9.17, 15) is 4.79 Å². The van der Waals surface area contributed by atoms with E-state index in [2.05, 4.69) is 24.3 Å². The zero-order valence-corrected chi connectivity index (χ0v) is 11.8. The van der Waals surface area contributed by atoms with Crippen molar-refractivity contribution in [2.75, 3.05) is 13.1 Å². The topological polar surface area (TPSA) is 20.3 Å². The molecule has 0 radical (unpaired) electrons. The van der Waals surface area contributed by atoms with Gasteiger partial charge in [-0.2, -0.15) is 0 Å². The predicted molar refractivity (Wildman–Crippen MR) is 74.9 cm³/mol. The second-order valence-corrected chi connectivity index (χ2v) is 5.74. The van der Waals surface area contributed by atoms with Crippen molar-refractivity contribution in [1.29, 1.82) is 0 Å². The van der Waals surface area contributed by atoms with Crippen molar-refractivity contribution in [3.05, 3.63) is 35.4 Å². The summed E-state index contributed by atoms with van der Waals surface area (Å²) in [5.41, 5.74) is 2.47. The van der Waals surface area contributed by atoms with Crippen LogP contribution in [0.25, 0.3) is 0 Å². The Labute approximate surface area is 114 Å². The lowest BCUT2D eigenvalue weighted by atomic mass is 9.90. The number of rotatable bonds is 2. The molecule has 1 aliphatic heterocycles. The molecule has 2 atom stereocenters. The largest absolute Gasteiger partial charge is 0.342 e. The molecule has 98 valence electrons. The Morgan fingerprint density at radius 3 is 2.61 bits per heavy atom. The van der Waals surface area contributed by atoms with Gasteiger partial charge in [-0.15, -0.1) is 11.6 Å². The summed E-state index contributed by atoms with van der Waals surface area (Å²) < 4.78 is 0. The Morgan fingerprint density at radius 2 is 2.06 bits per heavy atom. The Morgan fingerprint density at radius 1 is 1.39 bits per heavy atom. The van der Waals surface area contributed by atoms with E-state index in [0.29, 0.717) is 5.92 Å². The van der Waals surface area contributed by atoms with E-state index in [-0.39, 0.29) is 11.3 Å². The van der Waals surface area contributed by atoms with E-state index in [4.69, 9.17) is 11.6 Å². The van der Waals surface area contributed by atoms with Gasteiger partial charge in [0.2, 0.25) is 5.91 Å². The first-order valence-corrected chi connectivity index (χ1v) is 7.01. The van der Waals surface area contributed by atoms with Crippen molar-refractivity contribution in [1.82, 2.24) is 4.90 Å². The van der Waals surface area contributed by atoms with E-state index in [1.807, 2.05) is 11.8 Å². The maximum absolute atomic E-state index is 11.4. The molecule has 0 saturated carbocycles. The fourth-order valence-electron chi connectivity index (χ4n) is 2.57. The first-order valence-electron chi connectivity index (χ1n) is 6.57. The molecule has 2 rings (SSSR count). The zero-order valence-electron chi connectivity index (χ0n) is 11.0. The number of hydrogen-bond donors (Lipinski definition) is 0. The molecule has 0 spiro atoms. The van der Waals surface area contributed by atoms with Crippen molar-refractivity contribution in [3.8, 4) is 0 Å². The second-order valence-electron chi connectivity index (χ2n) is 5.09. The highest BCUT2D eigenvalue weighted by atomic mass is 35.5. The number of alkyl halides is 1. The van der Waals surface area contributed by atoms with Gasteiger partial charge in [0.15, 0.2) is 0 Å². The number of likely N-dealkylation sites (tertiary alicyclic amines) is 1. The molecule has 0 bridgehead atoms. The Hall–Kier alpha value is -1.02. The summed E-state index contributed by atoms with van der Waals surface area (Å²) in [7, 11) is 0. The number of benzene rings is 1. The summed E-state index contributed by atoms with van der Waals surface area (Å²) >= 11 is 6.05. The summed E-state index contributed by atoms with van der Waals surface area (Å²) in [6.45, 7) is 5.39. The van der Waals surface area contributed by atoms with Crippen LogP contribution in [0.3, 0.4) is 0 Å². The molecule has 1 aliphatic rings. The highest BCUT2D eigenvalue weighted by Crippen LogP contribution is 2.28. The number of piperidine rings is 1. The molecule has 1 aromatic rings. The van der Waals surface area contributed by atoms with E-state index < -0.39 is 0 Å². The van der Waals surface area contributed by atoms with Crippen molar-refractivity contribution in [3.63, 3.8) is 0 Å². The van der Waals surface area contributed by atoms with Gasteiger partial charge in [0.25, 0.3) is 0 Å². The van der Waals surface area contributed by atoms with Gasteiger partial charge >= 0.3 is 0 Å². The molecule has 18 heavy (non-hydrogen) atoms. The number of carbonyl (C=O) groups excluding carboxylic acids is 1. The molecule has 2 nitrogen and oxygen atoms in total. The SMILES string of the molecule is CC(=O)N1CCCC(c2ccc(C(C)Cl)cc2)C1. The minimum Gasteiger partial charge on any atom is -0.342 e. The molecule has 2 unspecified atom stereocenters. The fourth-order valence-corrected chi connectivity index (χ4v) is 2.71. The van der Waals surface area contributed by atoms with Gasteiger partial charge in [-0.05, 0) is 30.9 Å². The van der Waals surface area contributed by atoms with Crippen LogP contribution in [0.4, 0.5) is 0 Å². The summed E-state index contributed by atoms with van der Waals surface area (Å²) in [5.74, 6) is 0.660. The van der Waals surface area contributed by atoms with Crippen LogP contribution in [-0.4, -0.2) is 23.9 Å². The van der Waals surface area contributed by atoms with Crippen LogP contribution in [0.2, 0.25) is 0 Å². The average molecular weight is 266 g/mol. The lowest BCUT2D eigenvalue weighted by Gasteiger charge is -2.32. The fraction of sp³-hybridized carbons (Fsp3) is 0.533. The molecule has 0 aliphatic carbocycles. The monoisotopic (exact) mass is 265 g/mol. The van der Waals surface area contributed by atoms with Crippen molar-refractivity contribution in [2.45, 2.75) is 38.0 Å². The minimum absolute atomic E-state index is 0.0547. The molecule has 1 fully saturated rings.